The molecular weight excluding hydrogens is 446 g/mol. The Morgan fingerprint density at radius 3 is 2.37 bits per heavy atom. The van der Waals surface area contributed by atoms with Gasteiger partial charge in [-0.05, 0) is 62.8 Å². The van der Waals surface area contributed by atoms with Gasteiger partial charge in [-0.15, -0.1) is 0 Å². The molecule has 0 aliphatic carbocycles. The van der Waals surface area contributed by atoms with Gasteiger partial charge in [-0.2, -0.15) is 0 Å². The minimum absolute atomic E-state index is 0.140. The van der Waals surface area contributed by atoms with Gasteiger partial charge in [0.25, 0.3) is 0 Å². The van der Waals surface area contributed by atoms with Crippen LogP contribution in [0.25, 0.3) is 0 Å². The summed E-state index contributed by atoms with van der Waals surface area (Å²) in [5.74, 6) is 1.21. The predicted octanol–water partition coefficient (Wildman–Crippen LogP) is 4.87. The molecule has 1 fully saturated rings. The summed E-state index contributed by atoms with van der Waals surface area (Å²) >= 11 is 0. The molecule has 3 atom stereocenters. The van der Waals surface area contributed by atoms with E-state index >= 15 is 0 Å². The Labute approximate surface area is 209 Å². The van der Waals surface area contributed by atoms with Crippen LogP contribution in [0.3, 0.4) is 0 Å². The van der Waals surface area contributed by atoms with Crippen LogP contribution in [0.2, 0.25) is 0 Å². The number of hydrogen-bond donors (Lipinski definition) is 0. The molecule has 2 heterocycles. The number of carbonyl (C=O) groups excluding carboxylic acids is 2. The highest BCUT2D eigenvalue weighted by Gasteiger charge is 2.40. The average Bonchev–Trinajstić information content (AvgIpc) is 2.79. The maximum absolute atomic E-state index is 12.7. The Balaban J connectivity index is 1.79. The van der Waals surface area contributed by atoms with Crippen molar-refractivity contribution in [3.63, 3.8) is 0 Å². The summed E-state index contributed by atoms with van der Waals surface area (Å²) in [5.41, 5.74) is 1.85. The molecule has 0 bridgehead atoms. The van der Waals surface area contributed by atoms with Crippen molar-refractivity contribution in [2.75, 3.05) is 27.3 Å². The summed E-state index contributed by atoms with van der Waals surface area (Å²) in [5, 5.41) is 0. The first-order chi connectivity index (χ1) is 16.5. The lowest BCUT2D eigenvalue weighted by molar-refractivity contribution is -0.153. The van der Waals surface area contributed by atoms with E-state index in [-0.39, 0.29) is 18.1 Å². The average molecular weight is 488 g/mol. The molecule has 0 unspecified atom stereocenters. The van der Waals surface area contributed by atoms with Crippen LogP contribution in [0.15, 0.2) is 24.3 Å². The van der Waals surface area contributed by atoms with Crippen molar-refractivity contribution < 1.29 is 28.5 Å². The Morgan fingerprint density at radius 2 is 1.74 bits per heavy atom. The van der Waals surface area contributed by atoms with E-state index < -0.39 is 17.5 Å². The number of rotatable bonds is 8. The van der Waals surface area contributed by atoms with Gasteiger partial charge in [-0.25, -0.2) is 9.59 Å². The zero-order valence-electron chi connectivity index (χ0n) is 22.3. The van der Waals surface area contributed by atoms with Crippen LogP contribution >= 0.6 is 0 Å². The van der Waals surface area contributed by atoms with Crippen molar-refractivity contribution in [2.45, 2.75) is 78.0 Å². The van der Waals surface area contributed by atoms with E-state index in [0.29, 0.717) is 18.1 Å². The van der Waals surface area contributed by atoms with Gasteiger partial charge < -0.3 is 18.9 Å². The quantitative estimate of drug-likeness (QED) is 0.383. The van der Waals surface area contributed by atoms with Gasteiger partial charge in [0.05, 0.1) is 14.2 Å². The lowest BCUT2D eigenvalue weighted by Crippen LogP contribution is -2.49. The second kappa shape index (κ2) is 11.5. The van der Waals surface area contributed by atoms with E-state index in [9.17, 15) is 9.59 Å². The Hall–Kier alpha value is -2.54. The molecule has 7 nitrogen and oxygen atoms in total. The Bertz CT molecular complexity index is 932. The number of benzene rings is 1. The van der Waals surface area contributed by atoms with Crippen LogP contribution in [-0.4, -0.2) is 55.9 Å². The minimum atomic E-state index is -0.613. The second-order valence-electron chi connectivity index (χ2n) is 11.0. The summed E-state index contributed by atoms with van der Waals surface area (Å²) in [6.45, 7) is 11.6. The topological polar surface area (TPSA) is 74.3 Å². The fourth-order valence-corrected chi connectivity index (χ4v) is 5.04. The highest BCUT2D eigenvalue weighted by atomic mass is 16.6. The maximum atomic E-state index is 12.7. The van der Waals surface area contributed by atoms with E-state index in [1.807, 2.05) is 0 Å². The normalized spacial score (nSPS) is 22.5. The number of piperidine rings is 1. The van der Waals surface area contributed by atoms with Gasteiger partial charge in [-0.1, -0.05) is 20.3 Å². The third-order valence-electron chi connectivity index (χ3n) is 6.71. The molecule has 1 saturated heterocycles. The molecule has 194 valence electrons. The molecule has 0 amide bonds. The van der Waals surface area contributed by atoms with Crippen LogP contribution in [0, 0.1) is 11.8 Å². The number of carbonyl (C=O) groups is 2. The molecule has 2 aliphatic heterocycles. The van der Waals surface area contributed by atoms with E-state index in [4.69, 9.17) is 18.9 Å². The third kappa shape index (κ3) is 7.23. The lowest BCUT2D eigenvalue weighted by atomic mass is 9.79. The summed E-state index contributed by atoms with van der Waals surface area (Å²) in [4.78, 5) is 27.2. The summed E-state index contributed by atoms with van der Waals surface area (Å²) in [6.07, 6.45) is 5.83. The van der Waals surface area contributed by atoms with Crippen LogP contribution in [0.1, 0.15) is 71.0 Å². The van der Waals surface area contributed by atoms with Crippen molar-refractivity contribution in [3.8, 4) is 11.5 Å². The molecule has 0 aromatic heterocycles. The molecular formula is C28H41NO6. The monoisotopic (exact) mass is 487 g/mol. The lowest BCUT2D eigenvalue weighted by Gasteiger charge is -2.47. The van der Waals surface area contributed by atoms with E-state index in [0.717, 1.165) is 44.2 Å². The molecule has 0 saturated carbocycles. The smallest absolute Gasteiger partial charge is 0.331 e. The number of hydrogen-bond acceptors (Lipinski definition) is 7. The summed E-state index contributed by atoms with van der Waals surface area (Å²) < 4.78 is 22.3. The first-order valence-corrected chi connectivity index (χ1v) is 12.6. The molecule has 35 heavy (non-hydrogen) atoms. The number of methoxy groups -OCH3 is 2. The van der Waals surface area contributed by atoms with Gasteiger partial charge in [-0.3, -0.25) is 4.90 Å². The van der Waals surface area contributed by atoms with Gasteiger partial charge in [0.2, 0.25) is 0 Å². The van der Waals surface area contributed by atoms with Crippen molar-refractivity contribution in [3.05, 3.63) is 35.4 Å². The Morgan fingerprint density at radius 1 is 1.09 bits per heavy atom. The number of esters is 2. The molecule has 3 rings (SSSR count). The number of ether oxygens (including phenoxy) is 4. The van der Waals surface area contributed by atoms with Crippen LogP contribution in [0.5, 0.6) is 11.5 Å². The summed E-state index contributed by atoms with van der Waals surface area (Å²) in [7, 11) is 3.30. The first-order valence-electron chi connectivity index (χ1n) is 12.6. The minimum Gasteiger partial charge on any atom is -0.493 e. The first kappa shape index (κ1) is 27.1. The standard InChI is InChI=1S/C28H41NO6/c1-18(2)8-9-20-17-29-13-12-19-14-24(32-6)25(33-7)15-21(19)22(29)16-23(20)34-26(30)10-11-27(31)35-28(3,4)5/h10-11,14-15,18,20,22-23H,8-9,12-13,16-17H2,1-7H3/b11-10+/t20-,22-,23-/m1/s1. The van der Waals surface area contributed by atoms with Gasteiger partial charge in [0.1, 0.15) is 11.7 Å². The van der Waals surface area contributed by atoms with Gasteiger partial charge in [0.15, 0.2) is 11.5 Å². The number of nitrogens with zero attached hydrogens (tertiary/aromatic N) is 1. The molecule has 0 radical (unpaired) electrons. The maximum Gasteiger partial charge on any atom is 0.331 e. The predicted molar refractivity (Wildman–Crippen MR) is 135 cm³/mol. The summed E-state index contributed by atoms with van der Waals surface area (Å²) in [6, 6.07) is 4.28. The van der Waals surface area contributed by atoms with Crippen molar-refractivity contribution in [1.29, 1.82) is 0 Å². The largest absolute Gasteiger partial charge is 0.493 e. The third-order valence-corrected chi connectivity index (χ3v) is 6.71. The molecule has 1 aromatic carbocycles. The zero-order valence-corrected chi connectivity index (χ0v) is 22.3. The molecule has 0 N–H and O–H groups in total. The fraction of sp³-hybridized carbons (Fsp3) is 0.643. The fourth-order valence-electron chi connectivity index (χ4n) is 5.04. The number of fused-ring (bicyclic) bond motifs is 3. The van der Waals surface area contributed by atoms with Crippen LogP contribution in [-0.2, 0) is 25.5 Å². The van der Waals surface area contributed by atoms with Crippen LogP contribution < -0.4 is 9.47 Å². The molecule has 7 heteroatoms. The van der Waals surface area contributed by atoms with E-state index in [1.54, 1.807) is 35.0 Å². The SMILES string of the molecule is COc1cc2c(cc1OC)[C@H]1C[C@@H](OC(=O)/C=C/C(=O)OC(C)(C)C)[C@H](CCC(C)C)CN1CC2. The van der Waals surface area contributed by atoms with E-state index in [2.05, 4.69) is 30.9 Å². The van der Waals surface area contributed by atoms with Crippen molar-refractivity contribution in [1.82, 2.24) is 4.90 Å². The van der Waals surface area contributed by atoms with Crippen molar-refractivity contribution >= 4 is 11.9 Å². The Kier molecular flexibility index (Phi) is 8.86. The molecule has 2 aliphatic rings. The van der Waals surface area contributed by atoms with Crippen LogP contribution in [0.4, 0.5) is 0 Å². The van der Waals surface area contributed by atoms with Gasteiger partial charge in [0, 0.05) is 43.6 Å². The second-order valence-corrected chi connectivity index (χ2v) is 11.0. The van der Waals surface area contributed by atoms with E-state index in [1.165, 1.54) is 17.2 Å². The molecule has 0 spiro atoms. The zero-order chi connectivity index (χ0) is 25.8. The van der Waals surface area contributed by atoms with Crippen molar-refractivity contribution in [2.24, 2.45) is 11.8 Å². The highest BCUT2D eigenvalue weighted by molar-refractivity contribution is 5.91. The van der Waals surface area contributed by atoms with Gasteiger partial charge >= 0.3 is 11.9 Å². The molecule has 1 aromatic rings. The highest BCUT2D eigenvalue weighted by Crippen LogP contribution is 2.44.